The van der Waals surface area contributed by atoms with E-state index in [1.807, 2.05) is 0 Å². The van der Waals surface area contributed by atoms with E-state index in [0.29, 0.717) is 24.3 Å². The molecule has 1 aromatic heterocycles. The highest BCUT2D eigenvalue weighted by Gasteiger charge is 2.24. The van der Waals surface area contributed by atoms with E-state index in [4.69, 9.17) is 5.73 Å². The molecule has 2 aromatic rings. The van der Waals surface area contributed by atoms with E-state index in [9.17, 15) is 19.2 Å². The molecule has 3 rings (SSSR count). The standard InChI is InChI=1S/C18H22N6O4/c1-22-16(19)15(17(27)23(2)18(22)28)20-10-13(25)21-11-6-3-4-7-12(11)24-9-5-8-14(24)26/h3-4,6-7,20H,5,8-10,19H2,1-2H3,(H,21,25). The Bertz CT molecular complexity index is 1060. The highest BCUT2D eigenvalue weighted by Crippen LogP contribution is 2.29. The van der Waals surface area contributed by atoms with Crippen molar-refractivity contribution in [1.82, 2.24) is 9.13 Å². The molecule has 4 N–H and O–H groups in total. The molecule has 0 saturated carbocycles. The fourth-order valence-corrected chi connectivity index (χ4v) is 3.11. The molecule has 148 valence electrons. The molecular formula is C18H22N6O4. The lowest BCUT2D eigenvalue weighted by Crippen LogP contribution is -2.40. The number of anilines is 4. The molecule has 2 heterocycles. The van der Waals surface area contributed by atoms with Gasteiger partial charge in [0.05, 0.1) is 17.9 Å². The van der Waals surface area contributed by atoms with Crippen LogP contribution in [-0.4, -0.2) is 34.0 Å². The van der Waals surface area contributed by atoms with Gasteiger partial charge in [0, 0.05) is 27.1 Å². The number of nitrogens with zero attached hydrogens (tertiary/aromatic N) is 3. The third kappa shape index (κ3) is 3.48. The first-order chi connectivity index (χ1) is 13.3. The van der Waals surface area contributed by atoms with Crippen LogP contribution in [0, 0.1) is 0 Å². The van der Waals surface area contributed by atoms with Crippen LogP contribution in [0.5, 0.6) is 0 Å². The third-order valence-electron chi connectivity index (χ3n) is 4.68. The second-order valence-electron chi connectivity index (χ2n) is 6.53. The number of carbonyl (C=O) groups is 2. The Kier molecular flexibility index (Phi) is 5.21. The maximum Gasteiger partial charge on any atom is 0.332 e. The van der Waals surface area contributed by atoms with E-state index in [2.05, 4.69) is 10.6 Å². The van der Waals surface area contributed by atoms with Crippen molar-refractivity contribution in [2.45, 2.75) is 12.8 Å². The van der Waals surface area contributed by atoms with Crippen molar-refractivity contribution in [2.75, 3.05) is 34.4 Å². The van der Waals surface area contributed by atoms with Crippen molar-refractivity contribution in [1.29, 1.82) is 0 Å². The number of aromatic nitrogens is 2. The molecule has 1 aromatic carbocycles. The van der Waals surface area contributed by atoms with Crippen LogP contribution in [0.15, 0.2) is 33.9 Å². The van der Waals surface area contributed by atoms with Crippen molar-refractivity contribution in [3.05, 3.63) is 45.1 Å². The molecular weight excluding hydrogens is 364 g/mol. The Morgan fingerprint density at radius 3 is 2.54 bits per heavy atom. The van der Waals surface area contributed by atoms with Crippen LogP contribution >= 0.6 is 0 Å². The molecule has 1 fully saturated rings. The monoisotopic (exact) mass is 386 g/mol. The van der Waals surface area contributed by atoms with Gasteiger partial charge in [-0.15, -0.1) is 0 Å². The molecule has 1 aliphatic heterocycles. The summed E-state index contributed by atoms with van der Waals surface area (Å²) in [4.78, 5) is 50.1. The molecule has 1 saturated heterocycles. The van der Waals surface area contributed by atoms with Crippen LogP contribution in [0.2, 0.25) is 0 Å². The Balaban J connectivity index is 1.76. The number of nitrogen functional groups attached to an aromatic ring is 1. The van der Waals surface area contributed by atoms with Gasteiger partial charge in [-0.2, -0.15) is 0 Å². The number of hydrogen-bond acceptors (Lipinski definition) is 6. The molecule has 0 radical (unpaired) electrons. The highest BCUT2D eigenvalue weighted by molar-refractivity contribution is 6.02. The van der Waals surface area contributed by atoms with Crippen molar-refractivity contribution in [2.24, 2.45) is 14.1 Å². The minimum atomic E-state index is -0.614. The summed E-state index contributed by atoms with van der Waals surface area (Å²) in [6, 6.07) is 7.03. The maximum absolute atomic E-state index is 12.4. The van der Waals surface area contributed by atoms with Gasteiger partial charge in [-0.25, -0.2) is 4.79 Å². The van der Waals surface area contributed by atoms with Crippen LogP contribution in [0.4, 0.5) is 22.9 Å². The van der Waals surface area contributed by atoms with Gasteiger partial charge < -0.3 is 21.3 Å². The van der Waals surface area contributed by atoms with E-state index in [0.717, 1.165) is 15.6 Å². The van der Waals surface area contributed by atoms with Gasteiger partial charge in [0.25, 0.3) is 5.56 Å². The summed E-state index contributed by atoms with van der Waals surface area (Å²) in [5.41, 5.74) is 5.77. The van der Waals surface area contributed by atoms with E-state index in [-0.39, 0.29) is 24.0 Å². The molecule has 10 heteroatoms. The predicted molar refractivity (Wildman–Crippen MR) is 106 cm³/mol. The van der Waals surface area contributed by atoms with Gasteiger partial charge in [0.15, 0.2) is 0 Å². The number of hydrogen-bond donors (Lipinski definition) is 3. The SMILES string of the molecule is Cn1c(N)c(NCC(=O)Nc2ccccc2N2CCCC2=O)c(=O)n(C)c1=O. The topological polar surface area (TPSA) is 131 Å². The minimum absolute atomic E-state index is 0.0151. The summed E-state index contributed by atoms with van der Waals surface area (Å²) >= 11 is 0. The number of para-hydroxylation sites is 2. The lowest BCUT2D eigenvalue weighted by Gasteiger charge is -2.20. The first kappa shape index (κ1) is 19.2. The second-order valence-corrected chi connectivity index (χ2v) is 6.53. The second kappa shape index (κ2) is 7.59. The van der Waals surface area contributed by atoms with Crippen LogP contribution in [0.1, 0.15) is 12.8 Å². The van der Waals surface area contributed by atoms with Crippen LogP contribution in [0.3, 0.4) is 0 Å². The van der Waals surface area contributed by atoms with Gasteiger partial charge in [0.2, 0.25) is 11.8 Å². The quantitative estimate of drug-likeness (QED) is 0.655. The van der Waals surface area contributed by atoms with E-state index in [1.54, 1.807) is 29.2 Å². The third-order valence-corrected chi connectivity index (χ3v) is 4.68. The molecule has 2 amide bonds. The molecule has 1 aliphatic rings. The summed E-state index contributed by atoms with van der Waals surface area (Å²) in [7, 11) is 2.77. The Morgan fingerprint density at radius 2 is 1.86 bits per heavy atom. The molecule has 0 unspecified atom stereocenters. The number of rotatable bonds is 5. The predicted octanol–water partition coefficient (Wildman–Crippen LogP) is -0.156. The summed E-state index contributed by atoms with van der Waals surface area (Å²) in [6.45, 7) is 0.370. The van der Waals surface area contributed by atoms with Crippen LogP contribution in [0.25, 0.3) is 0 Å². The van der Waals surface area contributed by atoms with Crippen molar-refractivity contribution in [3.63, 3.8) is 0 Å². The van der Waals surface area contributed by atoms with Crippen LogP contribution in [-0.2, 0) is 23.7 Å². The lowest BCUT2D eigenvalue weighted by atomic mass is 10.2. The number of amides is 2. The van der Waals surface area contributed by atoms with E-state index >= 15 is 0 Å². The van der Waals surface area contributed by atoms with Gasteiger partial charge in [-0.1, -0.05) is 12.1 Å². The zero-order valence-electron chi connectivity index (χ0n) is 15.7. The molecule has 10 nitrogen and oxygen atoms in total. The zero-order valence-corrected chi connectivity index (χ0v) is 15.7. The van der Waals surface area contributed by atoms with Crippen molar-refractivity contribution < 1.29 is 9.59 Å². The van der Waals surface area contributed by atoms with E-state index < -0.39 is 17.2 Å². The van der Waals surface area contributed by atoms with Crippen molar-refractivity contribution in [3.8, 4) is 0 Å². The Hall–Kier alpha value is -3.56. The van der Waals surface area contributed by atoms with Crippen LogP contribution < -0.4 is 32.5 Å². The fourth-order valence-electron chi connectivity index (χ4n) is 3.11. The molecule has 0 atom stereocenters. The fraction of sp³-hybridized carbons (Fsp3) is 0.333. The number of benzene rings is 1. The van der Waals surface area contributed by atoms with E-state index in [1.165, 1.54) is 14.1 Å². The molecule has 0 bridgehead atoms. The Morgan fingerprint density at radius 1 is 1.14 bits per heavy atom. The number of carbonyl (C=O) groups excluding carboxylic acids is 2. The molecule has 0 aliphatic carbocycles. The minimum Gasteiger partial charge on any atom is -0.383 e. The first-order valence-corrected chi connectivity index (χ1v) is 8.80. The molecule has 28 heavy (non-hydrogen) atoms. The van der Waals surface area contributed by atoms with Gasteiger partial charge in [-0.3, -0.25) is 23.5 Å². The highest BCUT2D eigenvalue weighted by atomic mass is 16.2. The number of nitrogens with one attached hydrogen (secondary N) is 2. The first-order valence-electron chi connectivity index (χ1n) is 8.80. The van der Waals surface area contributed by atoms with Crippen molar-refractivity contribution >= 4 is 34.7 Å². The largest absolute Gasteiger partial charge is 0.383 e. The summed E-state index contributed by atoms with van der Waals surface area (Å²) in [6.07, 6.45) is 1.26. The average Bonchev–Trinajstić information content (AvgIpc) is 3.11. The summed E-state index contributed by atoms with van der Waals surface area (Å²) in [5, 5.41) is 5.44. The van der Waals surface area contributed by atoms with Gasteiger partial charge >= 0.3 is 5.69 Å². The Labute approximate surface area is 160 Å². The molecule has 0 spiro atoms. The summed E-state index contributed by atoms with van der Waals surface area (Å²) < 4.78 is 2.03. The smallest absolute Gasteiger partial charge is 0.332 e. The maximum atomic E-state index is 12.4. The summed E-state index contributed by atoms with van der Waals surface area (Å²) in [5.74, 6) is -0.459. The van der Waals surface area contributed by atoms with Gasteiger partial charge in [0.1, 0.15) is 11.5 Å². The average molecular weight is 386 g/mol. The van der Waals surface area contributed by atoms with Gasteiger partial charge in [-0.05, 0) is 18.6 Å². The lowest BCUT2D eigenvalue weighted by molar-refractivity contribution is -0.117. The normalized spacial score (nSPS) is 13.6. The number of nitrogens with two attached hydrogens (primary N) is 1. The zero-order chi connectivity index (χ0) is 20.4.